The van der Waals surface area contributed by atoms with Gasteiger partial charge in [0.15, 0.2) is 0 Å². The molecule has 1 saturated heterocycles. The third-order valence-electron chi connectivity index (χ3n) is 3.67. The molecule has 2 amide bonds. The predicted octanol–water partition coefficient (Wildman–Crippen LogP) is 2.66. The van der Waals surface area contributed by atoms with Crippen LogP contribution in [0.4, 0.5) is 4.79 Å². The first kappa shape index (κ1) is 17.2. The first-order valence-electron chi connectivity index (χ1n) is 7.99. The van der Waals surface area contributed by atoms with E-state index in [0.717, 1.165) is 18.5 Å². The van der Waals surface area contributed by atoms with Crippen LogP contribution in [0, 0.1) is 0 Å². The zero-order valence-corrected chi connectivity index (χ0v) is 14.2. The number of hydrogen-bond donors (Lipinski definition) is 1. The third kappa shape index (κ3) is 4.68. The van der Waals surface area contributed by atoms with Crippen LogP contribution < -0.4 is 5.32 Å². The SMILES string of the molecule is C[C@@H](NC(=O)OC(C)(C)C)C(=O)N1CCC[C@@H]1c1ccccn1. The fourth-order valence-electron chi connectivity index (χ4n) is 2.71. The van der Waals surface area contributed by atoms with Gasteiger partial charge in [0.25, 0.3) is 0 Å². The summed E-state index contributed by atoms with van der Waals surface area (Å²) in [5.41, 5.74) is 0.305. The average Bonchev–Trinajstić information content (AvgIpc) is 2.94. The Balaban J connectivity index is 2.00. The van der Waals surface area contributed by atoms with E-state index in [-0.39, 0.29) is 11.9 Å². The second-order valence-corrected chi connectivity index (χ2v) is 6.81. The smallest absolute Gasteiger partial charge is 0.408 e. The van der Waals surface area contributed by atoms with Crippen molar-refractivity contribution in [2.75, 3.05) is 6.54 Å². The molecule has 2 atom stereocenters. The number of nitrogens with one attached hydrogen (secondary N) is 1. The van der Waals surface area contributed by atoms with Crippen molar-refractivity contribution in [2.24, 2.45) is 0 Å². The maximum Gasteiger partial charge on any atom is 0.408 e. The van der Waals surface area contributed by atoms with Crippen LogP contribution >= 0.6 is 0 Å². The molecule has 0 saturated carbocycles. The molecule has 1 fully saturated rings. The first-order valence-corrected chi connectivity index (χ1v) is 7.99. The summed E-state index contributed by atoms with van der Waals surface area (Å²) in [4.78, 5) is 30.6. The summed E-state index contributed by atoms with van der Waals surface area (Å²) >= 11 is 0. The molecule has 0 radical (unpaired) electrons. The molecule has 6 nitrogen and oxygen atoms in total. The Bertz CT molecular complexity index is 554. The summed E-state index contributed by atoms with van der Waals surface area (Å²) in [6.45, 7) is 7.73. The van der Waals surface area contributed by atoms with E-state index in [2.05, 4.69) is 10.3 Å². The van der Waals surface area contributed by atoms with Crippen LogP contribution in [0.1, 0.15) is 52.3 Å². The molecule has 1 aliphatic rings. The highest BCUT2D eigenvalue weighted by Gasteiger charge is 2.34. The topological polar surface area (TPSA) is 71.5 Å². The minimum Gasteiger partial charge on any atom is -0.444 e. The normalized spacial score (nSPS) is 19.3. The lowest BCUT2D eigenvalue weighted by atomic mass is 10.1. The number of hydrogen-bond acceptors (Lipinski definition) is 4. The minimum atomic E-state index is -0.630. The summed E-state index contributed by atoms with van der Waals surface area (Å²) in [5.74, 6) is -0.107. The zero-order valence-electron chi connectivity index (χ0n) is 14.2. The molecular weight excluding hydrogens is 294 g/mol. The quantitative estimate of drug-likeness (QED) is 0.929. The fourth-order valence-corrected chi connectivity index (χ4v) is 2.71. The fraction of sp³-hybridized carbons (Fsp3) is 0.588. The van der Waals surface area contributed by atoms with Gasteiger partial charge in [0.2, 0.25) is 5.91 Å². The Labute approximate surface area is 137 Å². The summed E-state index contributed by atoms with van der Waals surface area (Å²) in [6, 6.07) is 5.06. The van der Waals surface area contributed by atoms with Crippen molar-refractivity contribution in [3.8, 4) is 0 Å². The number of ether oxygens (including phenoxy) is 1. The number of carbonyl (C=O) groups excluding carboxylic acids is 2. The van der Waals surface area contributed by atoms with Gasteiger partial charge in [0.1, 0.15) is 11.6 Å². The maximum absolute atomic E-state index is 12.7. The number of rotatable bonds is 3. The van der Waals surface area contributed by atoms with Crippen LogP contribution in [0.15, 0.2) is 24.4 Å². The molecule has 0 aliphatic carbocycles. The number of nitrogens with zero attached hydrogens (tertiary/aromatic N) is 2. The largest absolute Gasteiger partial charge is 0.444 e. The number of amides is 2. The number of alkyl carbamates (subject to hydrolysis) is 1. The molecule has 2 heterocycles. The second kappa shape index (κ2) is 6.98. The van der Waals surface area contributed by atoms with Crippen LogP contribution in [-0.2, 0) is 9.53 Å². The van der Waals surface area contributed by atoms with Gasteiger partial charge in [-0.3, -0.25) is 9.78 Å². The average molecular weight is 319 g/mol. The van der Waals surface area contributed by atoms with Gasteiger partial charge < -0.3 is 15.0 Å². The number of pyridine rings is 1. The van der Waals surface area contributed by atoms with E-state index < -0.39 is 17.7 Å². The van der Waals surface area contributed by atoms with Crippen molar-refractivity contribution >= 4 is 12.0 Å². The van der Waals surface area contributed by atoms with Crippen molar-refractivity contribution < 1.29 is 14.3 Å². The van der Waals surface area contributed by atoms with Gasteiger partial charge in [0.05, 0.1) is 11.7 Å². The minimum absolute atomic E-state index is 0.0217. The van der Waals surface area contributed by atoms with Gasteiger partial charge in [-0.05, 0) is 52.7 Å². The van der Waals surface area contributed by atoms with Crippen molar-refractivity contribution in [2.45, 2.75) is 58.2 Å². The summed E-state index contributed by atoms with van der Waals surface area (Å²) in [5, 5.41) is 2.61. The molecule has 1 aliphatic heterocycles. The van der Waals surface area contributed by atoms with E-state index >= 15 is 0 Å². The van der Waals surface area contributed by atoms with E-state index in [1.54, 1.807) is 38.8 Å². The van der Waals surface area contributed by atoms with E-state index in [0.29, 0.717) is 6.54 Å². The van der Waals surface area contributed by atoms with Crippen molar-refractivity contribution in [3.63, 3.8) is 0 Å². The summed E-state index contributed by atoms with van der Waals surface area (Å²) in [6.07, 6.45) is 2.99. The Hall–Kier alpha value is -2.11. The molecule has 1 aromatic heterocycles. The van der Waals surface area contributed by atoms with Gasteiger partial charge >= 0.3 is 6.09 Å². The Kier molecular flexibility index (Phi) is 5.23. The van der Waals surface area contributed by atoms with Crippen LogP contribution in [-0.4, -0.2) is 40.1 Å². The number of carbonyl (C=O) groups is 2. The van der Waals surface area contributed by atoms with E-state index in [9.17, 15) is 9.59 Å². The van der Waals surface area contributed by atoms with Crippen LogP contribution in [0.5, 0.6) is 0 Å². The second-order valence-electron chi connectivity index (χ2n) is 6.81. The van der Waals surface area contributed by atoms with Gasteiger partial charge in [0, 0.05) is 12.7 Å². The van der Waals surface area contributed by atoms with Gasteiger partial charge in [-0.25, -0.2) is 4.79 Å². The molecule has 126 valence electrons. The molecule has 0 aromatic carbocycles. The van der Waals surface area contributed by atoms with Gasteiger partial charge in [-0.1, -0.05) is 6.07 Å². The van der Waals surface area contributed by atoms with Crippen LogP contribution in [0.25, 0.3) is 0 Å². The number of likely N-dealkylation sites (tertiary alicyclic amines) is 1. The summed E-state index contributed by atoms with van der Waals surface area (Å²) < 4.78 is 5.20. The molecule has 6 heteroatoms. The van der Waals surface area contributed by atoms with Crippen molar-refractivity contribution in [3.05, 3.63) is 30.1 Å². The van der Waals surface area contributed by atoms with Crippen LogP contribution in [0.2, 0.25) is 0 Å². The van der Waals surface area contributed by atoms with Crippen molar-refractivity contribution in [1.29, 1.82) is 0 Å². The maximum atomic E-state index is 12.7. The lowest BCUT2D eigenvalue weighted by Crippen LogP contribution is -2.48. The van der Waals surface area contributed by atoms with E-state index in [1.165, 1.54) is 0 Å². The molecule has 0 spiro atoms. The Morgan fingerprint density at radius 1 is 1.39 bits per heavy atom. The van der Waals surface area contributed by atoms with E-state index in [1.807, 2.05) is 18.2 Å². The molecule has 0 bridgehead atoms. The molecule has 0 unspecified atom stereocenters. The molecule has 1 N–H and O–H groups in total. The molecule has 23 heavy (non-hydrogen) atoms. The monoisotopic (exact) mass is 319 g/mol. The van der Waals surface area contributed by atoms with Crippen LogP contribution in [0.3, 0.4) is 0 Å². The van der Waals surface area contributed by atoms with Crippen molar-refractivity contribution in [1.82, 2.24) is 15.2 Å². The highest BCUT2D eigenvalue weighted by atomic mass is 16.6. The van der Waals surface area contributed by atoms with Gasteiger partial charge in [-0.15, -0.1) is 0 Å². The number of aromatic nitrogens is 1. The molecule has 1 aromatic rings. The summed E-state index contributed by atoms with van der Waals surface area (Å²) in [7, 11) is 0. The highest BCUT2D eigenvalue weighted by molar-refractivity contribution is 5.85. The molecule has 2 rings (SSSR count). The molecular formula is C17H25N3O3. The standard InChI is InChI=1S/C17H25N3O3/c1-12(19-16(22)23-17(2,3)4)15(21)20-11-7-9-14(20)13-8-5-6-10-18-13/h5-6,8,10,12,14H,7,9,11H2,1-4H3,(H,19,22)/t12-,14-/m1/s1. The Morgan fingerprint density at radius 3 is 2.74 bits per heavy atom. The first-order chi connectivity index (χ1) is 10.8. The Morgan fingerprint density at radius 2 is 2.13 bits per heavy atom. The zero-order chi connectivity index (χ0) is 17.0. The highest BCUT2D eigenvalue weighted by Crippen LogP contribution is 2.31. The lowest BCUT2D eigenvalue weighted by molar-refractivity contribution is -0.134. The predicted molar refractivity (Wildman–Crippen MR) is 86.8 cm³/mol. The lowest BCUT2D eigenvalue weighted by Gasteiger charge is -2.28. The van der Waals surface area contributed by atoms with Gasteiger partial charge in [-0.2, -0.15) is 0 Å². The van der Waals surface area contributed by atoms with E-state index in [4.69, 9.17) is 4.74 Å². The third-order valence-corrected chi connectivity index (χ3v) is 3.67.